The van der Waals surface area contributed by atoms with Gasteiger partial charge in [-0.1, -0.05) is 17.7 Å². The number of rotatable bonds is 3. The van der Waals surface area contributed by atoms with Gasteiger partial charge in [0, 0.05) is 16.7 Å². The van der Waals surface area contributed by atoms with Crippen LogP contribution in [0, 0.1) is 12.7 Å². The molecule has 2 aromatic carbocycles. The van der Waals surface area contributed by atoms with Gasteiger partial charge < -0.3 is 5.32 Å². The molecular weight excluding hydrogens is 396 g/mol. The summed E-state index contributed by atoms with van der Waals surface area (Å²) >= 11 is 12.5. The highest BCUT2D eigenvalue weighted by Gasteiger charge is 2.05. The van der Waals surface area contributed by atoms with Crippen LogP contribution in [0.2, 0.25) is 5.02 Å². The molecule has 0 atom stereocenters. The zero-order chi connectivity index (χ0) is 14.0. The van der Waals surface area contributed by atoms with Crippen LogP contribution in [0.25, 0.3) is 0 Å². The van der Waals surface area contributed by atoms with Crippen LogP contribution in [0.3, 0.4) is 0 Å². The molecule has 0 amide bonds. The maximum Gasteiger partial charge on any atom is 0.139 e. The van der Waals surface area contributed by atoms with Crippen LogP contribution in [0.5, 0.6) is 0 Å². The third-order valence-electron chi connectivity index (χ3n) is 2.73. The van der Waals surface area contributed by atoms with Crippen molar-refractivity contribution < 1.29 is 4.39 Å². The molecule has 0 fully saturated rings. The van der Waals surface area contributed by atoms with Gasteiger partial charge in [-0.05, 0) is 74.2 Å². The summed E-state index contributed by atoms with van der Waals surface area (Å²) < 4.78 is 14.8. The molecule has 2 rings (SSSR count). The Kier molecular flexibility index (Phi) is 4.87. The van der Waals surface area contributed by atoms with E-state index in [2.05, 4.69) is 37.2 Å². The normalized spacial score (nSPS) is 10.6. The van der Waals surface area contributed by atoms with Crippen molar-refractivity contribution in [2.45, 2.75) is 13.5 Å². The maximum absolute atomic E-state index is 13.5. The van der Waals surface area contributed by atoms with Gasteiger partial charge in [-0.2, -0.15) is 0 Å². The SMILES string of the molecule is Cc1cc(Br)c(F)cc1NCc1ccc(Cl)c(Br)c1. The Balaban J connectivity index is 2.14. The van der Waals surface area contributed by atoms with Crippen LogP contribution in [-0.2, 0) is 6.54 Å². The number of aryl methyl sites for hydroxylation is 1. The van der Waals surface area contributed by atoms with E-state index in [-0.39, 0.29) is 5.82 Å². The summed E-state index contributed by atoms with van der Waals surface area (Å²) in [4.78, 5) is 0. The van der Waals surface area contributed by atoms with E-state index in [9.17, 15) is 4.39 Å². The van der Waals surface area contributed by atoms with Crippen molar-refractivity contribution >= 4 is 49.1 Å². The molecule has 0 aliphatic heterocycles. The van der Waals surface area contributed by atoms with Gasteiger partial charge in [0.1, 0.15) is 5.82 Å². The van der Waals surface area contributed by atoms with E-state index < -0.39 is 0 Å². The largest absolute Gasteiger partial charge is 0.381 e. The van der Waals surface area contributed by atoms with Crippen molar-refractivity contribution in [1.29, 1.82) is 0 Å². The number of hydrogen-bond donors (Lipinski definition) is 1. The number of hydrogen-bond acceptors (Lipinski definition) is 1. The Morgan fingerprint density at radius 1 is 1.16 bits per heavy atom. The summed E-state index contributed by atoms with van der Waals surface area (Å²) in [6.45, 7) is 2.54. The minimum atomic E-state index is -0.273. The average molecular weight is 408 g/mol. The Morgan fingerprint density at radius 3 is 2.58 bits per heavy atom. The van der Waals surface area contributed by atoms with Crippen LogP contribution in [-0.4, -0.2) is 0 Å². The van der Waals surface area contributed by atoms with Gasteiger partial charge in [-0.25, -0.2) is 4.39 Å². The second-order valence-corrected chi connectivity index (χ2v) is 6.30. The van der Waals surface area contributed by atoms with Crippen LogP contribution in [0.4, 0.5) is 10.1 Å². The molecule has 0 spiro atoms. The number of halogens is 4. The highest BCUT2D eigenvalue weighted by Crippen LogP contribution is 2.26. The summed E-state index contributed by atoms with van der Waals surface area (Å²) in [6, 6.07) is 8.96. The van der Waals surface area contributed by atoms with E-state index in [0.717, 1.165) is 21.3 Å². The average Bonchev–Trinajstić information content (AvgIpc) is 2.36. The Hall–Kier alpha value is -0.580. The lowest BCUT2D eigenvalue weighted by atomic mass is 10.1. The molecule has 0 bridgehead atoms. The molecule has 19 heavy (non-hydrogen) atoms. The van der Waals surface area contributed by atoms with Gasteiger partial charge in [0.05, 0.1) is 9.50 Å². The van der Waals surface area contributed by atoms with Crippen molar-refractivity contribution in [3.8, 4) is 0 Å². The topological polar surface area (TPSA) is 12.0 Å². The number of anilines is 1. The standard InChI is InChI=1S/C14H11Br2ClFN/c1-8-4-11(16)13(18)6-14(8)19-7-9-2-3-12(17)10(15)5-9/h2-6,19H,7H2,1H3. The Labute approximate surface area is 133 Å². The first-order valence-electron chi connectivity index (χ1n) is 5.61. The summed E-state index contributed by atoms with van der Waals surface area (Å²) in [5.74, 6) is -0.273. The van der Waals surface area contributed by atoms with Gasteiger partial charge >= 0.3 is 0 Å². The van der Waals surface area contributed by atoms with Gasteiger partial charge in [0.25, 0.3) is 0 Å². The maximum atomic E-state index is 13.5. The van der Waals surface area contributed by atoms with E-state index in [4.69, 9.17) is 11.6 Å². The van der Waals surface area contributed by atoms with E-state index in [1.165, 1.54) is 6.07 Å². The first-order chi connectivity index (χ1) is 8.97. The molecule has 0 aliphatic carbocycles. The van der Waals surface area contributed by atoms with E-state index in [0.29, 0.717) is 16.0 Å². The second kappa shape index (κ2) is 6.25. The predicted molar refractivity (Wildman–Crippen MR) is 85.3 cm³/mol. The molecular formula is C14H11Br2ClFN. The monoisotopic (exact) mass is 405 g/mol. The first-order valence-corrected chi connectivity index (χ1v) is 7.57. The van der Waals surface area contributed by atoms with Gasteiger partial charge in [0.2, 0.25) is 0 Å². The zero-order valence-electron chi connectivity index (χ0n) is 10.1. The van der Waals surface area contributed by atoms with Crippen LogP contribution < -0.4 is 5.32 Å². The summed E-state index contributed by atoms with van der Waals surface area (Å²) in [7, 11) is 0. The van der Waals surface area contributed by atoms with Gasteiger partial charge in [-0.3, -0.25) is 0 Å². The van der Waals surface area contributed by atoms with Crippen molar-refractivity contribution in [3.05, 3.63) is 61.2 Å². The molecule has 0 aromatic heterocycles. The minimum absolute atomic E-state index is 0.273. The van der Waals surface area contributed by atoms with Crippen molar-refractivity contribution in [3.63, 3.8) is 0 Å². The summed E-state index contributed by atoms with van der Waals surface area (Å²) in [6.07, 6.45) is 0. The number of nitrogens with one attached hydrogen (secondary N) is 1. The molecule has 1 N–H and O–H groups in total. The quantitative estimate of drug-likeness (QED) is 0.665. The predicted octanol–water partition coefficient (Wildman–Crippen LogP) is 5.92. The smallest absolute Gasteiger partial charge is 0.139 e. The van der Waals surface area contributed by atoms with E-state index in [1.807, 2.05) is 25.1 Å². The van der Waals surface area contributed by atoms with Crippen molar-refractivity contribution in [1.82, 2.24) is 0 Å². The highest BCUT2D eigenvalue weighted by molar-refractivity contribution is 9.10. The molecule has 0 aliphatic rings. The fourth-order valence-electron chi connectivity index (χ4n) is 1.68. The molecule has 0 unspecified atom stereocenters. The minimum Gasteiger partial charge on any atom is -0.381 e. The lowest BCUT2D eigenvalue weighted by Gasteiger charge is -2.11. The van der Waals surface area contributed by atoms with Gasteiger partial charge in [0.15, 0.2) is 0 Å². The molecule has 5 heteroatoms. The highest BCUT2D eigenvalue weighted by atomic mass is 79.9. The molecule has 100 valence electrons. The molecule has 2 aromatic rings. The van der Waals surface area contributed by atoms with E-state index >= 15 is 0 Å². The molecule has 0 saturated carbocycles. The van der Waals surface area contributed by atoms with Gasteiger partial charge in [-0.15, -0.1) is 0 Å². The summed E-state index contributed by atoms with van der Waals surface area (Å²) in [5, 5.41) is 3.89. The first kappa shape index (κ1) is 14.8. The molecule has 0 radical (unpaired) electrons. The lowest BCUT2D eigenvalue weighted by Crippen LogP contribution is -2.02. The third kappa shape index (κ3) is 3.71. The van der Waals surface area contributed by atoms with Crippen LogP contribution in [0.15, 0.2) is 39.3 Å². The molecule has 1 nitrogen and oxygen atoms in total. The number of benzene rings is 2. The van der Waals surface area contributed by atoms with Crippen LogP contribution >= 0.6 is 43.5 Å². The fourth-order valence-corrected chi connectivity index (χ4v) is 2.69. The summed E-state index contributed by atoms with van der Waals surface area (Å²) in [5.41, 5.74) is 2.84. The lowest BCUT2D eigenvalue weighted by molar-refractivity contribution is 0.621. The Bertz CT molecular complexity index is 617. The Morgan fingerprint density at radius 2 is 1.89 bits per heavy atom. The van der Waals surface area contributed by atoms with Crippen molar-refractivity contribution in [2.24, 2.45) is 0 Å². The molecule has 0 heterocycles. The third-order valence-corrected chi connectivity index (χ3v) is 4.56. The van der Waals surface area contributed by atoms with Crippen molar-refractivity contribution in [2.75, 3.05) is 5.32 Å². The van der Waals surface area contributed by atoms with E-state index in [1.54, 1.807) is 6.07 Å². The fraction of sp³-hybridized carbons (Fsp3) is 0.143. The van der Waals surface area contributed by atoms with Crippen LogP contribution in [0.1, 0.15) is 11.1 Å². The molecule has 0 saturated heterocycles. The second-order valence-electron chi connectivity index (χ2n) is 4.18. The zero-order valence-corrected chi connectivity index (χ0v) is 14.0.